The molecule has 0 fully saturated rings. The Labute approximate surface area is 107 Å². The van der Waals surface area contributed by atoms with E-state index in [4.69, 9.17) is 5.11 Å². The molecule has 100 valence electrons. The Bertz CT molecular complexity index is 575. The van der Waals surface area contributed by atoms with E-state index < -0.39 is 17.9 Å². The largest absolute Gasteiger partial charge is 0.480 e. The third-order valence-corrected chi connectivity index (χ3v) is 2.58. The van der Waals surface area contributed by atoms with Gasteiger partial charge >= 0.3 is 5.97 Å². The van der Waals surface area contributed by atoms with Crippen LogP contribution in [0.15, 0.2) is 23.3 Å². The zero-order chi connectivity index (χ0) is 13.8. The fourth-order valence-electron chi connectivity index (χ4n) is 1.56. The van der Waals surface area contributed by atoms with E-state index in [2.05, 4.69) is 25.0 Å². The van der Waals surface area contributed by atoms with Gasteiger partial charge < -0.3 is 19.9 Å². The maximum Gasteiger partial charge on any atom is 0.326 e. The van der Waals surface area contributed by atoms with Gasteiger partial charge in [0.1, 0.15) is 17.9 Å². The van der Waals surface area contributed by atoms with Crippen LogP contribution in [0, 0.1) is 6.92 Å². The van der Waals surface area contributed by atoms with Gasteiger partial charge in [-0.2, -0.15) is 0 Å². The molecule has 1 atom stereocenters. The van der Waals surface area contributed by atoms with Gasteiger partial charge in [0.05, 0.1) is 12.0 Å². The minimum absolute atomic E-state index is 0.116. The van der Waals surface area contributed by atoms with Crippen LogP contribution in [0.25, 0.3) is 0 Å². The lowest BCUT2D eigenvalue weighted by Crippen LogP contribution is -2.42. The second kappa shape index (κ2) is 5.34. The average Bonchev–Trinajstić information content (AvgIpc) is 2.99. The lowest BCUT2D eigenvalue weighted by molar-refractivity contribution is -0.139. The number of aliphatic carboxylic acids is 1. The molecule has 2 aromatic heterocycles. The molecule has 2 rings (SSSR count). The molecule has 0 aliphatic rings. The fraction of sp³-hybridized carbons (Fsp3) is 0.273. The van der Waals surface area contributed by atoms with Crippen molar-refractivity contribution in [3.05, 3.63) is 35.7 Å². The summed E-state index contributed by atoms with van der Waals surface area (Å²) in [4.78, 5) is 29.6. The Kier molecular flexibility index (Phi) is 3.60. The third kappa shape index (κ3) is 2.97. The van der Waals surface area contributed by atoms with Crippen LogP contribution in [0.2, 0.25) is 0 Å². The first-order valence-corrected chi connectivity index (χ1v) is 5.50. The van der Waals surface area contributed by atoms with E-state index in [1.54, 1.807) is 6.92 Å². The number of imidazole rings is 1. The molecule has 0 radical (unpaired) electrons. The Hall–Kier alpha value is -2.64. The van der Waals surface area contributed by atoms with Crippen LogP contribution in [-0.2, 0) is 11.2 Å². The second-order valence-electron chi connectivity index (χ2n) is 3.96. The van der Waals surface area contributed by atoms with Gasteiger partial charge in [-0.15, -0.1) is 0 Å². The molecule has 0 aliphatic heterocycles. The molecule has 0 bridgehead atoms. The van der Waals surface area contributed by atoms with Crippen molar-refractivity contribution in [3.8, 4) is 0 Å². The van der Waals surface area contributed by atoms with Gasteiger partial charge in [-0.05, 0) is 6.92 Å². The van der Waals surface area contributed by atoms with Crippen LogP contribution in [-0.4, -0.2) is 38.1 Å². The summed E-state index contributed by atoms with van der Waals surface area (Å²) in [5.74, 6) is -1.66. The molecule has 0 saturated carbocycles. The summed E-state index contributed by atoms with van der Waals surface area (Å²) in [6.07, 6.45) is 4.25. The Morgan fingerprint density at radius 3 is 2.89 bits per heavy atom. The number of carboxylic acids is 1. The molecule has 8 heteroatoms. The highest BCUT2D eigenvalue weighted by Crippen LogP contribution is 2.06. The number of H-pyrrole nitrogens is 1. The van der Waals surface area contributed by atoms with Crippen LogP contribution in [0.5, 0.6) is 0 Å². The molecule has 0 aromatic carbocycles. The van der Waals surface area contributed by atoms with Crippen molar-refractivity contribution in [2.24, 2.45) is 0 Å². The van der Waals surface area contributed by atoms with Crippen molar-refractivity contribution < 1.29 is 19.2 Å². The first kappa shape index (κ1) is 12.8. The van der Waals surface area contributed by atoms with Crippen molar-refractivity contribution in [2.75, 3.05) is 0 Å². The molecule has 1 amide bonds. The molecule has 3 N–H and O–H groups in total. The second-order valence-corrected chi connectivity index (χ2v) is 3.96. The van der Waals surface area contributed by atoms with Crippen LogP contribution >= 0.6 is 0 Å². The Morgan fingerprint density at radius 2 is 2.37 bits per heavy atom. The topological polar surface area (TPSA) is 121 Å². The number of nitrogens with zero attached hydrogens (tertiary/aromatic N) is 2. The number of hydrogen-bond donors (Lipinski definition) is 3. The molecular weight excluding hydrogens is 252 g/mol. The zero-order valence-corrected chi connectivity index (χ0v) is 10.1. The van der Waals surface area contributed by atoms with Gasteiger partial charge in [0.2, 0.25) is 0 Å². The summed E-state index contributed by atoms with van der Waals surface area (Å²) >= 11 is 0. The molecule has 0 saturated heterocycles. The number of carbonyl (C=O) groups excluding carboxylic acids is 1. The molecule has 0 unspecified atom stereocenters. The first-order valence-electron chi connectivity index (χ1n) is 5.50. The molecule has 19 heavy (non-hydrogen) atoms. The van der Waals surface area contributed by atoms with Gasteiger partial charge in [0, 0.05) is 18.3 Å². The normalized spacial score (nSPS) is 12.1. The molecule has 0 aliphatic carbocycles. The Morgan fingerprint density at radius 1 is 1.58 bits per heavy atom. The van der Waals surface area contributed by atoms with Crippen LogP contribution in [0.3, 0.4) is 0 Å². The molecule has 8 nitrogen and oxygen atoms in total. The van der Waals surface area contributed by atoms with Gasteiger partial charge in [0.25, 0.3) is 5.91 Å². The fourth-order valence-corrected chi connectivity index (χ4v) is 1.56. The summed E-state index contributed by atoms with van der Waals surface area (Å²) in [6, 6.07) is -1.05. The van der Waals surface area contributed by atoms with E-state index in [1.165, 1.54) is 18.8 Å². The monoisotopic (exact) mass is 264 g/mol. The van der Waals surface area contributed by atoms with E-state index in [1.807, 2.05) is 0 Å². The van der Waals surface area contributed by atoms with E-state index in [-0.39, 0.29) is 12.0 Å². The van der Waals surface area contributed by atoms with E-state index in [0.717, 1.165) is 0 Å². The number of aromatic amines is 1. The highest BCUT2D eigenvalue weighted by atomic mass is 16.5. The predicted molar refractivity (Wildman–Crippen MR) is 62.4 cm³/mol. The van der Waals surface area contributed by atoms with Crippen molar-refractivity contribution in [2.45, 2.75) is 19.4 Å². The van der Waals surface area contributed by atoms with Gasteiger partial charge in [-0.1, -0.05) is 5.16 Å². The van der Waals surface area contributed by atoms with Gasteiger partial charge in [0.15, 0.2) is 0 Å². The summed E-state index contributed by atoms with van der Waals surface area (Å²) in [5, 5.41) is 15.1. The third-order valence-electron chi connectivity index (χ3n) is 2.58. The lowest BCUT2D eigenvalue weighted by Gasteiger charge is -2.12. The first-order chi connectivity index (χ1) is 9.08. The quantitative estimate of drug-likeness (QED) is 0.705. The van der Waals surface area contributed by atoms with Crippen molar-refractivity contribution in [3.63, 3.8) is 0 Å². The predicted octanol–water partition coefficient (Wildman–Crippen LogP) is 0.132. The maximum absolute atomic E-state index is 11.9. The number of aromatic nitrogens is 3. The average molecular weight is 264 g/mol. The molecule has 2 aromatic rings. The van der Waals surface area contributed by atoms with E-state index in [9.17, 15) is 9.59 Å². The molecular formula is C11H12N4O4. The van der Waals surface area contributed by atoms with Gasteiger partial charge in [-0.3, -0.25) is 4.79 Å². The molecule has 2 heterocycles. The van der Waals surface area contributed by atoms with Gasteiger partial charge in [-0.25, -0.2) is 9.78 Å². The lowest BCUT2D eigenvalue weighted by atomic mass is 10.1. The van der Waals surface area contributed by atoms with Crippen molar-refractivity contribution >= 4 is 11.9 Å². The highest BCUT2D eigenvalue weighted by molar-refractivity contribution is 5.97. The standard InChI is InChI=1S/C11H12N4O4/c1-6-8(4-19-15-6)10(16)14-9(11(17)18)2-7-3-12-5-13-7/h3-5,9H,2H2,1H3,(H,12,13)(H,14,16)(H,17,18)/t9-/m0/s1. The van der Waals surface area contributed by atoms with E-state index >= 15 is 0 Å². The SMILES string of the molecule is Cc1nocc1C(=O)N[C@@H](Cc1cnc[nH]1)C(=O)O. The smallest absolute Gasteiger partial charge is 0.326 e. The number of aryl methyl sites for hydroxylation is 1. The summed E-state index contributed by atoms with van der Waals surface area (Å²) in [7, 11) is 0. The number of rotatable bonds is 5. The van der Waals surface area contributed by atoms with Crippen LogP contribution < -0.4 is 5.32 Å². The summed E-state index contributed by atoms with van der Waals surface area (Å²) in [6.45, 7) is 1.60. The summed E-state index contributed by atoms with van der Waals surface area (Å²) < 4.78 is 4.64. The number of hydrogen-bond acceptors (Lipinski definition) is 5. The highest BCUT2D eigenvalue weighted by Gasteiger charge is 2.23. The van der Waals surface area contributed by atoms with Crippen molar-refractivity contribution in [1.82, 2.24) is 20.4 Å². The minimum atomic E-state index is -1.13. The zero-order valence-electron chi connectivity index (χ0n) is 10.1. The van der Waals surface area contributed by atoms with Crippen LogP contribution in [0.1, 0.15) is 21.7 Å². The number of carbonyl (C=O) groups is 2. The van der Waals surface area contributed by atoms with E-state index in [0.29, 0.717) is 11.4 Å². The molecule has 0 spiro atoms. The number of amides is 1. The van der Waals surface area contributed by atoms with Crippen molar-refractivity contribution in [1.29, 1.82) is 0 Å². The minimum Gasteiger partial charge on any atom is -0.480 e. The Balaban J connectivity index is 2.07. The van der Waals surface area contributed by atoms with Crippen LogP contribution in [0.4, 0.5) is 0 Å². The maximum atomic E-state index is 11.9. The summed E-state index contributed by atoms with van der Waals surface area (Å²) in [5.41, 5.74) is 1.24. The number of nitrogens with one attached hydrogen (secondary N) is 2. The number of carboxylic acid groups (broad SMARTS) is 1.